The maximum Gasteiger partial charge on any atom is 0.331 e. The van der Waals surface area contributed by atoms with Crippen molar-refractivity contribution < 1.29 is 9.90 Å². The second-order valence-corrected chi connectivity index (χ2v) is 4.67. The van der Waals surface area contributed by atoms with E-state index in [1.165, 1.54) is 0 Å². The van der Waals surface area contributed by atoms with Crippen molar-refractivity contribution in [2.24, 2.45) is 0 Å². The van der Waals surface area contributed by atoms with E-state index >= 15 is 0 Å². The molecule has 0 aromatic carbocycles. The van der Waals surface area contributed by atoms with E-state index in [0.29, 0.717) is 17.3 Å². The number of halogens is 1. The Morgan fingerprint density at radius 3 is 3.00 bits per heavy atom. The molecule has 1 atom stereocenters. The van der Waals surface area contributed by atoms with E-state index in [0.717, 1.165) is 6.42 Å². The van der Waals surface area contributed by atoms with Gasteiger partial charge in [-0.2, -0.15) is 0 Å². The van der Waals surface area contributed by atoms with Crippen LogP contribution in [0.2, 0.25) is 5.02 Å². The fourth-order valence-electron chi connectivity index (χ4n) is 2.19. The summed E-state index contributed by atoms with van der Waals surface area (Å²) in [6.07, 6.45) is 1.27. The predicted molar refractivity (Wildman–Crippen MR) is 64.2 cm³/mol. The lowest BCUT2D eigenvalue weighted by Gasteiger charge is -2.23. The van der Waals surface area contributed by atoms with E-state index in [4.69, 9.17) is 17.0 Å². The van der Waals surface area contributed by atoms with Crippen LogP contribution in [0.15, 0.2) is 12.1 Å². The van der Waals surface area contributed by atoms with Crippen LogP contribution in [0.4, 0.5) is 5.82 Å². The molecular weight excluding hydrogens is 242 g/mol. The van der Waals surface area contributed by atoms with Gasteiger partial charge in [-0.3, -0.25) is 5.41 Å². The van der Waals surface area contributed by atoms with Gasteiger partial charge in [0.05, 0.1) is 11.6 Å². The molecular formula is C11H14ClN3O2. The number of nitrogens with one attached hydrogen (secondary N) is 2. The quantitative estimate of drug-likeness (QED) is 0.769. The number of aromatic nitrogens is 1. The summed E-state index contributed by atoms with van der Waals surface area (Å²) in [5.41, 5.74) is -0.863. The number of aliphatic carboxylic acids is 1. The topological polar surface area (TPSA) is 78.1 Å². The molecule has 5 nitrogen and oxygen atoms in total. The van der Waals surface area contributed by atoms with Gasteiger partial charge in [-0.15, -0.1) is 0 Å². The van der Waals surface area contributed by atoms with Crippen LogP contribution in [0, 0.1) is 5.41 Å². The van der Waals surface area contributed by atoms with Crippen LogP contribution in [0.25, 0.3) is 0 Å². The Labute approximate surface area is 104 Å². The Morgan fingerprint density at radius 1 is 1.71 bits per heavy atom. The first-order valence-electron chi connectivity index (χ1n) is 5.46. The van der Waals surface area contributed by atoms with Gasteiger partial charge in [0.25, 0.3) is 0 Å². The highest BCUT2D eigenvalue weighted by atomic mass is 35.5. The van der Waals surface area contributed by atoms with E-state index < -0.39 is 11.5 Å². The second kappa shape index (κ2) is 4.07. The number of carboxylic acids is 1. The molecule has 1 unspecified atom stereocenters. The van der Waals surface area contributed by atoms with Gasteiger partial charge in [-0.05, 0) is 18.6 Å². The lowest BCUT2D eigenvalue weighted by molar-refractivity contribution is -0.142. The molecule has 0 amide bonds. The summed E-state index contributed by atoms with van der Waals surface area (Å²) in [5.74, 6) is -0.256. The summed E-state index contributed by atoms with van der Waals surface area (Å²) in [4.78, 5) is 11.4. The minimum Gasteiger partial charge on any atom is -0.479 e. The molecule has 0 saturated heterocycles. The van der Waals surface area contributed by atoms with E-state index in [-0.39, 0.29) is 12.0 Å². The lowest BCUT2D eigenvalue weighted by Crippen LogP contribution is -2.45. The zero-order valence-corrected chi connectivity index (χ0v) is 10.2. The normalized spacial score (nSPS) is 22.0. The van der Waals surface area contributed by atoms with E-state index in [2.05, 4.69) is 5.32 Å². The van der Waals surface area contributed by atoms with Crippen molar-refractivity contribution in [2.45, 2.75) is 31.8 Å². The number of fused-ring (bicyclic) bond motifs is 1. The molecule has 1 aromatic rings. The highest BCUT2D eigenvalue weighted by Crippen LogP contribution is 2.29. The standard InChI is InChI=1S/C11H14ClN3O2/c1-2-5-11(10(16)17)6-15-8(14-11)4-3-7(12)9(15)13/h3-4,13-14H,2,5-6H2,1H3,(H,16,17). The zero-order valence-electron chi connectivity index (χ0n) is 9.46. The fraction of sp³-hybridized carbons (Fsp3) is 0.455. The van der Waals surface area contributed by atoms with E-state index in [1.807, 2.05) is 6.92 Å². The van der Waals surface area contributed by atoms with Gasteiger partial charge in [0.1, 0.15) is 11.3 Å². The largest absolute Gasteiger partial charge is 0.479 e. The van der Waals surface area contributed by atoms with Crippen molar-refractivity contribution >= 4 is 23.4 Å². The summed E-state index contributed by atoms with van der Waals surface area (Å²) >= 11 is 5.86. The number of hydrogen-bond acceptors (Lipinski definition) is 3. The van der Waals surface area contributed by atoms with Crippen molar-refractivity contribution in [3.8, 4) is 0 Å². The smallest absolute Gasteiger partial charge is 0.331 e. The van der Waals surface area contributed by atoms with Gasteiger partial charge >= 0.3 is 5.97 Å². The van der Waals surface area contributed by atoms with E-state index in [9.17, 15) is 9.90 Å². The highest BCUT2D eigenvalue weighted by Gasteiger charge is 2.43. The van der Waals surface area contributed by atoms with Crippen LogP contribution in [0.1, 0.15) is 19.8 Å². The first-order valence-corrected chi connectivity index (χ1v) is 5.83. The zero-order chi connectivity index (χ0) is 12.6. The van der Waals surface area contributed by atoms with Crippen molar-refractivity contribution in [3.63, 3.8) is 0 Å². The SMILES string of the molecule is CCCC1(C(=O)O)Cn2c(ccc(Cl)c2=N)N1. The maximum absolute atomic E-state index is 11.4. The third-order valence-electron chi connectivity index (χ3n) is 3.06. The second-order valence-electron chi connectivity index (χ2n) is 4.26. The van der Waals surface area contributed by atoms with Crippen LogP contribution < -0.4 is 10.8 Å². The Morgan fingerprint density at radius 2 is 2.41 bits per heavy atom. The molecule has 0 aliphatic carbocycles. The number of anilines is 1. The van der Waals surface area contributed by atoms with Gasteiger partial charge < -0.3 is 15.0 Å². The molecule has 0 bridgehead atoms. The summed E-state index contributed by atoms with van der Waals surface area (Å²) in [6.45, 7) is 2.18. The van der Waals surface area contributed by atoms with Crippen molar-refractivity contribution in [1.82, 2.24) is 4.57 Å². The van der Waals surface area contributed by atoms with Crippen LogP contribution in [-0.4, -0.2) is 21.2 Å². The summed E-state index contributed by atoms with van der Waals surface area (Å²) < 4.78 is 1.60. The van der Waals surface area contributed by atoms with Gasteiger partial charge in [0, 0.05) is 0 Å². The molecule has 0 saturated carbocycles. The van der Waals surface area contributed by atoms with Gasteiger partial charge in [0.15, 0.2) is 5.54 Å². The molecule has 17 heavy (non-hydrogen) atoms. The number of carboxylic acid groups (broad SMARTS) is 1. The molecule has 0 fully saturated rings. The molecule has 0 spiro atoms. The molecule has 0 radical (unpaired) electrons. The van der Waals surface area contributed by atoms with Crippen LogP contribution in [-0.2, 0) is 11.3 Å². The average Bonchev–Trinajstić information content (AvgIpc) is 2.65. The van der Waals surface area contributed by atoms with Crippen molar-refractivity contribution in [3.05, 3.63) is 22.6 Å². The van der Waals surface area contributed by atoms with Crippen LogP contribution in [0.3, 0.4) is 0 Å². The number of hydrogen-bond donors (Lipinski definition) is 3. The predicted octanol–water partition coefficient (Wildman–Crippen LogP) is 1.67. The Hall–Kier alpha value is -1.49. The summed E-state index contributed by atoms with van der Waals surface area (Å²) in [5, 5.41) is 20.5. The van der Waals surface area contributed by atoms with E-state index in [1.54, 1.807) is 16.7 Å². The number of carbonyl (C=O) groups is 1. The molecule has 3 N–H and O–H groups in total. The van der Waals surface area contributed by atoms with Crippen LogP contribution in [0.5, 0.6) is 0 Å². The minimum absolute atomic E-state index is 0.149. The Balaban J connectivity index is 2.47. The summed E-state index contributed by atoms with van der Waals surface area (Å²) in [7, 11) is 0. The summed E-state index contributed by atoms with van der Waals surface area (Å²) in [6, 6.07) is 3.31. The fourth-order valence-corrected chi connectivity index (χ4v) is 2.36. The molecule has 2 heterocycles. The molecule has 6 heteroatoms. The molecule has 1 aliphatic rings. The third-order valence-corrected chi connectivity index (χ3v) is 3.36. The highest BCUT2D eigenvalue weighted by molar-refractivity contribution is 6.30. The number of pyridine rings is 1. The minimum atomic E-state index is -1.01. The first-order chi connectivity index (χ1) is 8.00. The molecule has 1 aliphatic heterocycles. The van der Waals surface area contributed by atoms with Crippen LogP contribution >= 0.6 is 11.6 Å². The Kier molecular flexibility index (Phi) is 2.87. The van der Waals surface area contributed by atoms with Gasteiger partial charge in [-0.1, -0.05) is 24.9 Å². The maximum atomic E-state index is 11.4. The molecule has 2 rings (SSSR count). The lowest BCUT2D eigenvalue weighted by atomic mass is 9.95. The van der Waals surface area contributed by atoms with Crippen molar-refractivity contribution in [1.29, 1.82) is 5.41 Å². The Bertz CT molecular complexity index is 526. The molecule has 1 aromatic heterocycles. The van der Waals surface area contributed by atoms with Gasteiger partial charge in [-0.25, -0.2) is 4.79 Å². The number of nitrogens with zero attached hydrogens (tertiary/aromatic N) is 1. The monoisotopic (exact) mass is 255 g/mol. The first kappa shape index (κ1) is 12.0. The average molecular weight is 256 g/mol. The molecule has 92 valence electrons. The van der Waals surface area contributed by atoms with Gasteiger partial charge in [0.2, 0.25) is 0 Å². The number of rotatable bonds is 3. The van der Waals surface area contributed by atoms with Crippen molar-refractivity contribution in [2.75, 3.05) is 5.32 Å². The third kappa shape index (κ3) is 1.80.